The fraction of sp³-hybridized carbons (Fsp3) is 0.130. The van der Waals surface area contributed by atoms with E-state index in [0.29, 0.717) is 17.3 Å². The van der Waals surface area contributed by atoms with E-state index in [4.69, 9.17) is 4.52 Å². The maximum atomic E-state index is 13.4. The number of hydrogen-bond donors (Lipinski definition) is 3. The zero-order chi connectivity index (χ0) is 26.4. The summed E-state index contributed by atoms with van der Waals surface area (Å²) in [5.41, 5.74) is -0.797. The molecule has 0 saturated heterocycles. The first-order valence-electron chi connectivity index (χ1n) is 10.6. The van der Waals surface area contributed by atoms with E-state index in [1.54, 1.807) is 24.4 Å². The van der Waals surface area contributed by atoms with Crippen molar-refractivity contribution in [1.82, 2.24) is 15.2 Å². The Labute approximate surface area is 206 Å². The highest BCUT2D eigenvalue weighted by Crippen LogP contribution is 2.34. The van der Waals surface area contributed by atoms with Gasteiger partial charge in [-0.05, 0) is 46.3 Å². The number of carbonyl (C=O) groups excluding carboxylic acids is 2. The number of benzene rings is 1. The largest absolute Gasteiger partial charge is 0.424 e. The fourth-order valence-electron chi connectivity index (χ4n) is 3.18. The van der Waals surface area contributed by atoms with Gasteiger partial charge in [0.05, 0.1) is 12.0 Å². The first-order valence-corrected chi connectivity index (χ1v) is 10.6. The van der Waals surface area contributed by atoms with Crippen LogP contribution in [0.1, 0.15) is 16.8 Å². The molecule has 14 heteroatoms. The molecule has 4 rings (SSSR count). The quantitative estimate of drug-likeness (QED) is 0.322. The van der Waals surface area contributed by atoms with Gasteiger partial charge >= 0.3 is 6.18 Å². The molecule has 4 aromatic rings. The second-order valence-corrected chi connectivity index (χ2v) is 7.68. The number of nitrogens with zero attached hydrogens (tertiary/aromatic N) is 4. The lowest BCUT2D eigenvalue weighted by molar-refractivity contribution is -0.755. The minimum atomic E-state index is -4.75. The minimum Gasteiger partial charge on any atom is -0.424 e. The predicted octanol–water partition coefficient (Wildman–Crippen LogP) is 3.53. The molecule has 0 spiro atoms. The Balaban J connectivity index is 1.43. The molecule has 3 amide bonds. The number of halogens is 3. The number of urea groups is 1. The van der Waals surface area contributed by atoms with Gasteiger partial charge in [0.25, 0.3) is 0 Å². The van der Waals surface area contributed by atoms with Crippen LogP contribution in [0.4, 0.5) is 35.2 Å². The topological polar surface area (TPSA) is 148 Å². The molecule has 0 bridgehead atoms. The van der Waals surface area contributed by atoms with Gasteiger partial charge in [-0.15, -0.1) is 0 Å². The van der Waals surface area contributed by atoms with Gasteiger partial charge in [0.15, 0.2) is 11.3 Å². The minimum absolute atomic E-state index is 0.185. The van der Waals surface area contributed by atoms with E-state index in [1.165, 1.54) is 29.2 Å². The Bertz CT molecular complexity index is 1450. The molecule has 0 aliphatic carbocycles. The summed E-state index contributed by atoms with van der Waals surface area (Å²) in [6, 6.07) is 9.49. The van der Waals surface area contributed by atoms with E-state index in [-0.39, 0.29) is 35.8 Å². The summed E-state index contributed by atoms with van der Waals surface area (Å²) >= 11 is 0. The van der Waals surface area contributed by atoms with Crippen LogP contribution in [0.5, 0.6) is 0 Å². The Hall–Kier alpha value is -5.01. The highest BCUT2D eigenvalue weighted by atomic mass is 19.4. The van der Waals surface area contributed by atoms with E-state index in [1.807, 2.05) is 0 Å². The number of rotatable bonds is 7. The SMILES string of the molecule is O=C(Cc1ccc(=O)[nH]c1)Nc1cc(NC(=O)[N-]c2c[n+](Cc3ccccn3)no2)cc(C(F)(F)F)c1. The van der Waals surface area contributed by atoms with Crippen molar-refractivity contribution < 1.29 is 32.0 Å². The monoisotopic (exact) mass is 513 g/mol. The lowest BCUT2D eigenvalue weighted by Crippen LogP contribution is -2.35. The lowest BCUT2D eigenvalue weighted by Gasteiger charge is -2.18. The molecule has 3 heterocycles. The van der Waals surface area contributed by atoms with E-state index in [2.05, 4.69) is 31.2 Å². The number of pyridine rings is 2. The Morgan fingerprint density at radius 2 is 1.86 bits per heavy atom. The standard InChI is InChI=1S/C23H18F3N7O4/c24-23(25,26)15-8-17(29-20(35)7-14-4-5-19(34)28-11-14)10-18(9-15)30-22(36)31-21-13-33(32-37-21)12-16-3-1-2-6-27-16/h1-6,8-11,13H,7,12H2,(H3-,28,29,30,31,32,34,35,36). The zero-order valence-corrected chi connectivity index (χ0v) is 18.8. The average Bonchev–Trinajstić information content (AvgIpc) is 3.26. The lowest BCUT2D eigenvalue weighted by atomic mass is 10.1. The average molecular weight is 513 g/mol. The molecule has 0 aliphatic heterocycles. The van der Waals surface area contributed by atoms with Gasteiger partial charge in [0.1, 0.15) is 5.69 Å². The third kappa shape index (κ3) is 7.24. The number of aromatic amines is 1. The van der Waals surface area contributed by atoms with Gasteiger partial charge in [-0.1, -0.05) is 12.1 Å². The van der Waals surface area contributed by atoms with Crippen molar-refractivity contribution in [2.45, 2.75) is 19.1 Å². The van der Waals surface area contributed by atoms with E-state index < -0.39 is 23.7 Å². The molecule has 0 fully saturated rings. The number of anilines is 2. The van der Waals surface area contributed by atoms with Crippen LogP contribution >= 0.6 is 0 Å². The van der Waals surface area contributed by atoms with Gasteiger partial charge in [0.2, 0.25) is 30.1 Å². The molecular formula is C23H18F3N7O4. The second kappa shape index (κ2) is 10.7. The summed E-state index contributed by atoms with van der Waals surface area (Å²) in [6.45, 7) is 0.247. The number of alkyl halides is 3. The van der Waals surface area contributed by atoms with E-state index >= 15 is 0 Å². The highest BCUT2D eigenvalue weighted by Gasteiger charge is 2.31. The number of H-pyrrole nitrogens is 1. The van der Waals surface area contributed by atoms with Crippen molar-refractivity contribution in [3.63, 3.8) is 0 Å². The maximum absolute atomic E-state index is 13.4. The second-order valence-electron chi connectivity index (χ2n) is 7.68. The molecule has 1 aromatic carbocycles. The normalized spacial score (nSPS) is 11.1. The van der Waals surface area contributed by atoms with Gasteiger partial charge in [0, 0.05) is 24.1 Å². The van der Waals surface area contributed by atoms with Crippen LogP contribution in [0.15, 0.2) is 76.4 Å². The van der Waals surface area contributed by atoms with Crippen molar-refractivity contribution in [2.24, 2.45) is 0 Å². The van der Waals surface area contributed by atoms with Crippen LogP contribution in [0.3, 0.4) is 0 Å². The first-order chi connectivity index (χ1) is 17.6. The Morgan fingerprint density at radius 1 is 1.08 bits per heavy atom. The summed E-state index contributed by atoms with van der Waals surface area (Å²) in [5.74, 6) is -0.817. The van der Waals surface area contributed by atoms with Crippen LogP contribution in [0, 0.1) is 0 Å². The van der Waals surface area contributed by atoms with Gasteiger partial charge < -0.3 is 25.5 Å². The van der Waals surface area contributed by atoms with Crippen molar-refractivity contribution >= 4 is 29.2 Å². The van der Waals surface area contributed by atoms with Gasteiger partial charge in [-0.25, -0.2) is 0 Å². The summed E-state index contributed by atoms with van der Waals surface area (Å²) in [5, 5.41) is 11.9. The predicted molar refractivity (Wildman–Crippen MR) is 123 cm³/mol. The van der Waals surface area contributed by atoms with Crippen LogP contribution in [-0.2, 0) is 23.9 Å². The van der Waals surface area contributed by atoms with Gasteiger partial charge in [-0.3, -0.25) is 19.4 Å². The Kier molecular flexibility index (Phi) is 7.27. The molecule has 37 heavy (non-hydrogen) atoms. The summed E-state index contributed by atoms with van der Waals surface area (Å²) in [7, 11) is 0. The van der Waals surface area contributed by atoms with Crippen LogP contribution in [0.2, 0.25) is 0 Å². The summed E-state index contributed by atoms with van der Waals surface area (Å²) < 4.78 is 46.6. The van der Waals surface area contributed by atoms with Crippen molar-refractivity contribution in [3.8, 4) is 0 Å². The van der Waals surface area contributed by atoms with E-state index in [0.717, 1.165) is 12.1 Å². The van der Waals surface area contributed by atoms with E-state index in [9.17, 15) is 27.6 Å². The number of nitrogens with one attached hydrogen (secondary N) is 3. The fourth-order valence-corrected chi connectivity index (χ4v) is 3.18. The molecule has 11 nitrogen and oxygen atoms in total. The number of aromatic nitrogens is 4. The van der Waals surface area contributed by atoms with Crippen molar-refractivity contribution in [2.75, 3.05) is 10.6 Å². The molecule has 3 N–H and O–H groups in total. The van der Waals surface area contributed by atoms with Crippen LogP contribution in [0.25, 0.3) is 5.32 Å². The number of amides is 3. The first kappa shape index (κ1) is 25.1. The summed E-state index contributed by atoms with van der Waals surface area (Å²) in [6.07, 6.45) is -0.704. The van der Waals surface area contributed by atoms with Gasteiger partial charge in [-0.2, -0.15) is 13.2 Å². The van der Waals surface area contributed by atoms with Crippen molar-refractivity contribution in [3.05, 3.63) is 99.6 Å². The molecule has 0 radical (unpaired) electrons. The third-order valence-corrected chi connectivity index (χ3v) is 4.77. The molecular weight excluding hydrogens is 495 g/mol. The Morgan fingerprint density at radius 3 is 2.54 bits per heavy atom. The maximum Gasteiger partial charge on any atom is 0.416 e. The summed E-state index contributed by atoms with van der Waals surface area (Å²) in [4.78, 5) is 42.3. The molecule has 190 valence electrons. The van der Waals surface area contributed by atoms with Crippen LogP contribution in [-0.4, -0.2) is 27.2 Å². The molecule has 0 atom stereocenters. The highest BCUT2D eigenvalue weighted by molar-refractivity contribution is 6.04. The van der Waals surface area contributed by atoms with Crippen molar-refractivity contribution in [1.29, 1.82) is 0 Å². The number of hydrogen-bond acceptors (Lipinski definition) is 6. The smallest absolute Gasteiger partial charge is 0.416 e. The molecule has 0 saturated carbocycles. The van der Waals surface area contributed by atoms with Crippen LogP contribution < -0.4 is 20.9 Å². The molecule has 3 aromatic heterocycles. The molecule has 0 aliphatic rings. The number of carbonyl (C=O) groups is 2. The zero-order valence-electron chi connectivity index (χ0n) is 18.8. The third-order valence-electron chi connectivity index (χ3n) is 4.77. The molecule has 0 unspecified atom stereocenters.